The van der Waals surface area contributed by atoms with Gasteiger partial charge >= 0.3 is 0 Å². The van der Waals surface area contributed by atoms with Crippen LogP contribution in [0.1, 0.15) is 6.42 Å². The molecular weight excluding hydrogens is 296 g/mol. The molecule has 1 aromatic carbocycles. The van der Waals surface area contributed by atoms with Crippen molar-refractivity contribution in [1.29, 1.82) is 0 Å². The van der Waals surface area contributed by atoms with Gasteiger partial charge in [-0.15, -0.1) is 0 Å². The molecule has 1 aliphatic heterocycles. The van der Waals surface area contributed by atoms with E-state index in [9.17, 15) is 10.1 Å². The molecule has 1 fully saturated rings. The van der Waals surface area contributed by atoms with Gasteiger partial charge in [0, 0.05) is 19.6 Å². The van der Waals surface area contributed by atoms with E-state index >= 15 is 0 Å². The van der Waals surface area contributed by atoms with E-state index in [1.54, 1.807) is 0 Å². The minimum absolute atomic E-state index is 0.0722. The van der Waals surface area contributed by atoms with Crippen molar-refractivity contribution in [1.82, 2.24) is 9.88 Å². The SMILES string of the molecule is CN1CCCN(c2nc3cc(Cl)c([N+](=O)[O-])cc3o2)CC1. The zero-order valence-electron chi connectivity index (χ0n) is 11.6. The molecule has 112 valence electrons. The molecule has 0 aliphatic carbocycles. The fraction of sp³-hybridized carbons (Fsp3) is 0.462. The molecular formula is C13H15ClN4O3. The predicted molar refractivity (Wildman–Crippen MR) is 80.0 cm³/mol. The van der Waals surface area contributed by atoms with Crippen molar-refractivity contribution in [2.45, 2.75) is 6.42 Å². The van der Waals surface area contributed by atoms with E-state index in [2.05, 4.69) is 21.8 Å². The zero-order valence-corrected chi connectivity index (χ0v) is 12.3. The summed E-state index contributed by atoms with van der Waals surface area (Å²) in [5.41, 5.74) is 0.763. The third kappa shape index (κ3) is 2.79. The summed E-state index contributed by atoms with van der Waals surface area (Å²) in [5.74, 6) is 0. The standard InChI is InChI=1S/C13H15ClN4O3/c1-16-3-2-4-17(6-5-16)13-15-10-7-9(14)11(18(19)20)8-12(10)21-13/h7-8H,2-6H2,1H3. The summed E-state index contributed by atoms with van der Waals surface area (Å²) in [6.45, 7) is 3.64. The van der Waals surface area contributed by atoms with Crippen molar-refractivity contribution >= 4 is 34.4 Å². The number of aromatic nitrogens is 1. The van der Waals surface area contributed by atoms with Gasteiger partial charge in [0.15, 0.2) is 5.58 Å². The van der Waals surface area contributed by atoms with E-state index in [4.69, 9.17) is 16.0 Å². The summed E-state index contributed by atoms with van der Waals surface area (Å²) >= 11 is 5.89. The lowest BCUT2D eigenvalue weighted by Gasteiger charge is -2.17. The molecule has 2 heterocycles. The first-order chi connectivity index (χ1) is 10.0. The van der Waals surface area contributed by atoms with Crippen LogP contribution in [-0.2, 0) is 0 Å². The van der Waals surface area contributed by atoms with Crippen LogP contribution in [0.25, 0.3) is 11.1 Å². The lowest BCUT2D eigenvalue weighted by molar-refractivity contribution is -0.384. The van der Waals surface area contributed by atoms with Crippen molar-refractivity contribution in [2.24, 2.45) is 0 Å². The summed E-state index contributed by atoms with van der Waals surface area (Å²) in [7, 11) is 2.08. The molecule has 0 atom stereocenters. The molecule has 7 nitrogen and oxygen atoms in total. The Kier molecular flexibility index (Phi) is 3.69. The molecule has 1 aliphatic rings. The third-order valence-corrected chi connectivity index (χ3v) is 3.94. The average Bonchev–Trinajstić information content (AvgIpc) is 2.71. The number of hydrogen-bond acceptors (Lipinski definition) is 6. The topological polar surface area (TPSA) is 75.7 Å². The quantitative estimate of drug-likeness (QED) is 0.626. The van der Waals surface area contributed by atoms with Crippen LogP contribution in [0.5, 0.6) is 0 Å². The number of oxazole rings is 1. The van der Waals surface area contributed by atoms with E-state index in [1.165, 1.54) is 12.1 Å². The fourth-order valence-electron chi connectivity index (χ4n) is 2.44. The molecule has 21 heavy (non-hydrogen) atoms. The number of halogens is 1. The van der Waals surface area contributed by atoms with Crippen LogP contribution < -0.4 is 4.90 Å². The Labute approximate surface area is 126 Å². The molecule has 8 heteroatoms. The number of anilines is 1. The summed E-state index contributed by atoms with van der Waals surface area (Å²) < 4.78 is 5.68. The second-order valence-electron chi connectivity index (χ2n) is 5.17. The molecule has 0 spiro atoms. The molecule has 0 bridgehead atoms. The highest BCUT2D eigenvalue weighted by Crippen LogP contribution is 2.32. The van der Waals surface area contributed by atoms with E-state index < -0.39 is 4.92 Å². The number of rotatable bonds is 2. The first-order valence-corrected chi connectivity index (χ1v) is 7.10. The van der Waals surface area contributed by atoms with Gasteiger partial charge < -0.3 is 14.2 Å². The van der Waals surface area contributed by atoms with Crippen LogP contribution in [0.3, 0.4) is 0 Å². The summed E-state index contributed by atoms with van der Waals surface area (Å²) in [6, 6.07) is 3.31. The van der Waals surface area contributed by atoms with Crippen LogP contribution in [-0.4, -0.2) is 48.0 Å². The third-order valence-electron chi connectivity index (χ3n) is 3.63. The molecule has 0 N–H and O–H groups in total. The van der Waals surface area contributed by atoms with Gasteiger partial charge in [-0.3, -0.25) is 10.1 Å². The molecule has 0 saturated carbocycles. The first kappa shape index (κ1) is 14.1. The monoisotopic (exact) mass is 310 g/mol. The van der Waals surface area contributed by atoms with Crippen LogP contribution in [0.15, 0.2) is 16.5 Å². The van der Waals surface area contributed by atoms with Gasteiger partial charge in [0.1, 0.15) is 10.5 Å². The highest BCUT2D eigenvalue weighted by Gasteiger charge is 2.21. The van der Waals surface area contributed by atoms with Crippen LogP contribution in [0.4, 0.5) is 11.7 Å². The molecule has 1 saturated heterocycles. The minimum atomic E-state index is -0.523. The Balaban J connectivity index is 1.95. The maximum atomic E-state index is 10.9. The molecule has 2 aromatic rings. The summed E-state index contributed by atoms with van der Waals surface area (Å²) in [4.78, 5) is 19.1. The number of nitrogens with zero attached hydrogens (tertiary/aromatic N) is 4. The number of hydrogen-bond donors (Lipinski definition) is 0. The second kappa shape index (κ2) is 5.50. The van der Waals surface area contributed by atoms with Crippen LogP contribution >= 0.6 is 11.6 Å². The van der Waals surface area contributed by atoms with E-state index in [0.717, 1.165) is 32.6 Å². The second-order valence-corrected chi connectivity index (χ2v) is 5.58. The van der Waals surface area contributed by atoms with Crippen molar-refractivity contribution in [2.75, 3.05) is 38.1 Å². The highest BCUT2D eigenvalue weighted by molar-refractivity contribution is 6.33. The van der Waals surface area contributed by atoms with Gasteiger partial charge in [-0.05, 0) is 26.1 Å². The van der Waals surface area contributed by atoms with Gasteiger partial charge in [-0.2, -0.15) is 4.98 Å². The average molecular weight is 311 g/mol. The van der Waals surface area contributed by atoms with Crippen molar-refractivity contribution < 1.29 is 9.34 Å². The normalized spacial score (nSPS) is 17.1. The number of nitro groups is 1. The van der Waals surface area contributed by atoms with E-state index in [0.29, 0.717) is 17.1 Å². The number of nitro benzene ring substituents is 1. The van der Waals surface area contributed by atoms with Crippen LogP contribution in [0, 0.1) is 10.1 Å². The first-order valence-electron chi connectivity index (χ1n) is 6.72. The van der Waals surface area contributed by atoms with Gasteiger partial charge in [0.05, 0.1) is 11.0 Å². The van der Waals surface area contributed by atoms with Crippen molar-refractivity contribution in [3.8, 4) is 0 Å². The summed E-state index contributed by atoms with van der Waals surface area (Å²) in [6.07, 6.45) is 1.02. The molecule has 0 amide bonds. The fourth-order valence-corrected chi connectivity index (χ4v) is 2.67. The maximum absolute atomic E-state index is 10.9. The Morgan fingerprint density at radius 1 is 1.33 bits per heavy atom. The van der Waals surface area contributed by atoms with E-state index in [-0.39, 0.29) is 10.7 Å². The molecule has 0 unspecified atom stereocenters. The number of likely N-dealkylation sites (N-methyl/N-ethyl adjacent to an activating group) is 1. The molecule has 3 rings (SSSR count). The lowest BCUT2D eigenvalue weighted by atomic mass is 10.3. The van der Waals surface area contributed by atoms with Crippen molar-refractivity contribution in [3.63, 3.8) is 0 Å². The molecule has 1 aromatic heterocycles. The van der Waals surface area contributed by atoms with Gasteiger partial charge in [0.25, 0.3) is 11.7 Å². The smallest absolute Gasteiger partial charge is 0.298 e. The minimum Gasteiger partial charge on any atom is -0.423 e. The molecule has 0 radical (unpaired) electrons. The van der Waals surface area contributed by atoms with Crippen LogP contribution in [0.2, 0.25) is 5.02 Å². The largest absolute Gasteiger partial charge is 0.423 e. The van der Waals surface area contributed by atoms with Gasteiger partial charge in [-0.25, -0.2) is 0 Å². The van der Waals surface area contributed by atoms with Crippen molar-refractivity contribution in [3.05, 3.63) is 27.3 Å². The highest BCUT2D eigenvalue weighted by atomic mass is 35.5. The Morgan fingerprint density at radius 3 is 2.90 bits per heavy atom. The Morgan fingerprint density at radius 2 is 2.14 bits per heavy atom. The zero-order chi connectivity index (χ0) is 15.0. The summed E-state index contributed by atoms with van der Waals surface area (Å²) in [5, 5.41) is 11.0. The number of benzene rings is 1. The van der Waals surface area contributed by atoms with Gasteiger partial charge in [-0.1, -0.05) is 11.6 Å². The Hall–Kier alpha value is -1.86. The Bertz CT molecular complexity index is 687. The maximum Gasteiger partial charge on any atom is 0.298 e. The van der Waals surface area contributed by atoms with Gasteiger partial charge in [0.2, 0.25) is 0 Å². The lowest BCUT2D eigenvalue weighted by Crippen LogP contribution is -2.28. The van der Waals surface area contributed by atoms with E-state index in [1.807, 2.05) is 0 Å². The predicted octanol–water partition coefficient (Wildman–Crippen LogP) is 2.53. The number of fused-ring (bicyclic) bond motifs is 1.